The minimum absolute atomic E-state index is 0.225. The molecule has 1 aliphatic heterocycles. The van der Waals surface area contributed by atoms with Crippen molar-refractivity contribution in [1.82, 2.24) is 9.62 Å². The fourth-order valence-corrected chi connectivity index (χ4v) is 5.17. The summed E-state index contributed by atoms with van der Waals surface area (Å²) >= 11 is 0. The number of rotatable bonds is 6. The van der Waals surface area contributed by atoms with Crippen LogP contribution in [0.5, 0.6) is 0 Å². The maximum atomic E-state index is 12.6. The van der Waals surface area contributed by atoms with Gasteiger partial charge >= 0.3 is 0 Å². The van der Waals surface area contributed by atoms with Crippen molar-refractivity contribution in [1.29, 1.82) is 0 Å². The van der Waals surface area contributed by atoms with Gasteiger partial charge in [-0.25, -0.2) is 8.42 Å². The lowest BCUT2D eigenvalue weighted by atomic mass is 10.4. The highest BCUT2D eigenvalue weighted by Gasteiger charge is 2.31. The van der Waals surface area contributed by atoms with E-state index in [2.05, 4.69) is 12.2 Å². The quantitative estimate of drug-likeness (QED) is 0.780. The van der Waals surface area contributed by atoms with E-state index in [9.17, 15) is 12.6 Å². The monoisotopic (exact) mass is 334 g/mol. The van der Waals surface area contributed by atoms with Crippen LogP contribution in [0.2, 0.25) is 0 Å². The van der Waals surface area contributed by atoms with Crippen LogP contribution in [0.15, 0.2) is 15.4 Å². The van der Waals surface area contributed by atoms with Gasteiger partial charge in [-0.15, -0.1) is 0 Å². The number of nitrogens with one attached hydrogen (secondary N) is 1. The van der Waals surface area contributed by atoms with Gasteiger partial charge in [0.2, 0.25) is 10.0 Å². The molecule has 2 heterocycles. The summed E-state index contributed by atoms with van der Waals surface area (Å²) in [5.74, 6) is 1.84. The molecule has 120 valence electrons. The zero-order valence-corrected chi connectivity index (χ0v) is 14.1. The minimum Gasteiger partial charge on any atom is -0.464 e. The summed E-state index contributed by atoms with van der Waals surface area (Å²) in [5.41, 5.74) is 0. The first-order valence-corrected chi connectivity index (χ1v) is 10.0. The predicted molar refractivity (Wildman–Crippen MR) is 82.1 cm³/mol. The Morgan fingerprint density at radius 3 is 2.67 bits per heavy atom. The van der Waals surface area contributed by atoms with E-state index in [1.165, 1.54) is 4.31 Å². The highest BCUT2D eigenvalue weighted by molar-refractivity contribution is 7.89. The average molecular weight is 334 g/mol. The number of nitrogens with zero attached hydrogens (tertiary/aromatic N) is 1. The molecule has 0 radical (unpaired) electrons. The Bertz CT molecular complexity index is 600. The number of hydrogen-bond acceptors (Lipinski definition) is 5. The van der Waals surface area contributed by atoms with E-state index >= 15 is 0 Å². The van der Waals surface area contributed by atoms with Crippen LogP contribution in [0.25, 0.3) is 0 Å². The molecule has 0 aliphatic carbocycles. The SMILES string of the molecule is CCCNCc1cc(S(=O)(=O)N2CCS(=O)CC2)c(C)o1. The Balaban J connectivity index is 2.14. The molecular weight excluding hydrogens is 312 g/mol. The van der Waals surface area contributed by atoms with Gasteiger partial charge in [0.1, 0.15) is 16.4 Å². The van der Waals surface area contributed by atoms with Crippen molar-refractivity contribution in [2.45, 2.75) is 31.7 Å². The molecule has 0 atom stereocenters. The Morgan fingerprint density at radius 2 is 2.05 bits per heavy atom. The van der Waals surface area contributed by atoms with Crippen molar-refractivity contribution in [2.24, 2.45) is 0 Å². The molecule has 1 aliphatic rings. The van der Waals surface area contributed by atoms with E-state index < -0.39 is 20.8 Å². The maximum absolute atomic E-state index is 12.6. The molecule has 1 fully saturated rings. The molecule has 2 rings (SSSR count). The zero-order chi connectivity index (χ0) is 15.5. The lowest BCUT2D eigenvalue weighted by molar-refractivity contribution is 0.432. The third-order valence-corrected chi connectivity index (χ3v) is 6.69. The molecule has 0 amide bonds. The fourth-order valence-electron chi connectivity index (χ4n) is 2.26. The first kappa shape index (κ1) is 16.7. The second kappa shape index (κ2) is 7.04. The first-order chi connectivity index (χ1) is 9.95. The van der Waals surface area contributed by atoms with Crippen LogP contribution in [0.1, 0.15) is 24.9 Å². The largest absolute Gasteiger partial charge is 0.464 e. The smallest absolute Gasteiger partial charge is 0.246 e. The summed E-state index contributed by atoms with van der Waals surface area (Å²) in [6.45, 7) is 5.73. The Morgan fingerprint density at radius 1 is 1.38 bits per heavy atom. The van der Waals surface area contributed by atoms with Crippen LogP contribution in [-0.4, -0.2) is 48.1 Å². The molecule has 1 N–H and O–H groups in total. The summed E-state index contributed by atoms with van der Waals surface area (Å²) in [4.78, 5) is 0.225. The molecule has 0 bridgehead atoms. The predicted octanol–water partition coefficient (Wildman–Crippen LogP) is 0.841. The van der Waals surface area contributed by atoms with E-state index in [-0.39, 0.29) is 4.90 Å². The van der Waals surface area contributed by atoms with E-state index in [0.29, 0.717) is 42.7 Å². The molecule has 1 aromatic rings. The van der Waals surface area contributed by atoms with Gasteiger partial charge < -0.3 is 9.73 Å². The number of hydrogen-bond donors (Lipinski definition) is 1. The van der Waals surface area contributed by atoms with Gasteiger partial charge in [-0.2, -0.15) is 4.31 Å². The molecule has 1 saturated heterocycles. The number of furan rings is 1. The molecule has 1 aromatic heterocycles. The van der Waals surface area contributed by atoms with Crippen LogP contribution in [-0.2, 0) is 27.4 Å². The third-order valence-electron chi connectivity index (χ3n) is 3.40. The second-order valence-electron chi connectivity index (χ2n) is 5.06. The van der Waals surface area contributed by atoms with E-state index in [0.717, 1.165) is 13.0 Å². The van der Waals surface area contributed by atoms with Crippen LogP contribution >= 0.6 is 0 Å². The Hall–Kier alpha value is -0.700. The van der Waals surface area contributed by atoms with Gasteiger partial charge in [0.25, 0.3) is 0 Å². The molecule has 8 heteroatoms. The molecule has 0 saturated carbocycles. The van der Waals surface area contributed by atoms with Gasteiger partial charge in [0.05, 0.1) is 6.54 Å². The lowest BCUT2D eigenvalue weighted by Crippen LogP contribution is -2.41. The summed E-state index contributed by atoms with van der Waals surface area (Å²) in [5, 5.41) is 3.19. The molecule has 0 spiro atoms. The highest BCUT2D eigenvalue weighted by atomic mass is 32.2. The van der Waals surface area contributed by atoms with Crippen molar-refractivity contribution in [3.63, 3.8) is 0 Å². The average Bonchev–Trinajstić information content (AvgIpc) is 2.81. The number of aryl methyl sites for hydroxylation is 1. The molecule has 0 unspecified atom stereocenters. The standard InChI is InChI=1S/C13H22N2O4S2/c1-3-4-14-10-12-9-13(11(2)19-12)21(17,18)15-5-7-20(16)8-6-15/h9,14H,3-8,10H2,1-2H3. The van der Waals surface area contributed by atoms with Crippen LogP contribution in [0.4, 0.5) is 0 Å². The lowest BCUT2D eigenvalue weighted by Gasteiger charge is -2.25. The maximum Gasteiger partial charge on any atom is 0.246 e. The van der Waals surface area contributed by atoms with Crippen molar-refractivity contribution in [3.8, 4) is 0 Å². The molecule has 0 aromatic carbocycles. The van der Waals surface area contributed by atoms with Gasteiger partial charge in [-0.1, -0.05) is 6.92 Å². The second-order valence-corrected chi connectivity index (χ2v) is 8.66. The Kier molecular flexibility index (Phi) is 5.59. The third kappa shape index (κ3) is 3.94. The molecule has 6 nitrogen and oxygen atoms in total. The topological polar surface area (TPSA) is 79.6 Å². The first-order valence-electron chi connectivity index (χ1n) is 7.10. The summed E-state index contributed by atoms with van der Waals surface area (Å²) < 4.78 is 43.5. The van der Waals surface area contributed by atoms with Crippen molar-refractivity contribution in [2.75, 3.05) is 31.1 Å². The summed E-state index contributed by atoms with van der Waals surface area (Å²) in [6, 6.07) is 1.60. The van der Waals surface area contributed by atoms with Gasteiger partial charge in [0, 0.05) is 41.5 Å². The van der Waals surface area contributed by atoms with E-state index in [1.54, 1.807) is 13.0 Å². The van der Waals surface area contributed by atoms with Gasteiger partial charge in [-0.3, -0.25) is 4.21 Å². The van der Waals surface area contributed by atoms with Crippen LogP contribution in [0.3, 0.4) is 0 Å². The zero-order valence-electron chi connectivity index (χ0n) is 12.4. The Labute approximate surface area is 128 Å². The van der Waals surface area contributed by atoms with Crippen molar-refractivity contribution >= 4 is 20.8 Å². The van der Waals surface area contributed by atoms with Crippen LogP contribution in [0, 0.1) is 6.92 Å². The van der Waals surface area contributed by atoms with E-state index in [1.807, 2.05) is 0 Å². The van der Waals surface area contributed by atoms with Crippen LogP contribution < -0.4 is 5.32 Å². The number of sulfonamides is 1. The molecule has 21 heavy (non-hydrogen) atoms. The fraction of sp³-hybridized carbons (Fsp3) is 0.692. The highest BCUT2D eigenvalue weighted by Crippen LogP contribution is 2.24. The minimum atomic E-state index is -3.55. The summed E-state index contributed by atoms with van der Waals surface area (Å²) in [6.07, 6.45) is 1.01. The van der Waals surface area contributed by atoms with Crippen molar-refractivity contribution < 1.29 is 17.0 Å². The van der Waals surface area contributed by atoms with Crippen molar-refractivity contribution in [3.05, 3.63) is 17.6 Å². The van der Waals surface area contributed by atoms with Gasteiger partial charge in [0.15, 0.2) is 0 Å². The molecular formula is C13H22N2O4S2. The summed E-state index contributed by atoms with van der Waals surface area (Å²) in [7, 11) is -4.45. The van der Waals surface area contributed by atoms with E-state index in [4.69, 9.17) is 4.42 Å². The van der Waals surface area contributed by atoms with Gasteiger partial charge in [-0.05, 0) is 19.9 Å². The normalized spacial score (nSPS) is 18.2.